The normalized spacial score (nSPS) is 13.8. The summed E-state index contributed by atoms with van der Waals surface area (Å²) in [6.07, 6.45) is 11.9. The van der Waals surface area contributed by atoms with Gasteiger partial charge in [-0.1, -0.05) is 42.5 Å². The molecule has 5 heteroatoms. The van der Waals surface area contributed by atoms with Gasteiger partial charge in [-0.25, -0.2) is 4.79 Å². The number of esters is 1. The summed E-state index contributed by atoms with van der Waals surface area (Å²) in [5, 5.41) is 1.00. The quantitative estimate of drug-likeness (QED) is 0.137. The van der Waals surface area contributed by atoms with Crippen molar-refractivity contribution in [2.45, 2.75) is 46.1 Å². The molecule has 0 atom stereocenters. The summed E-state index contributed by atoms with van der Waals surface area (Å²) in [6.45, 7) is 9.51. The zero-order valence-corrected chi connectivity index (χ0v) is 22.2. The number of nitrogens with zero attached hydrogens (tertiary/aromatic N) is 1. The number of hydrogen-bond donors (Lipinski definition) is 0. The Morgan fingerprint density at radius 1 is 1.16 bits per heavy atom. The Morgan fingerprint density at radius 2 is 1.95 bits per heavy atom. The molecule has 1 saturated carbocycles. The van der Waals surface area contributed by atoms with Crippen molar-refractivity contribution >= 4 is 22.9 Å². The highest BCUT2D eigenvalue weighted by Gasteiger charge is 2.26. The average Bonchev–Trinajstić information content (AvgIpc) is 3.70. The van der Waals surface area contributed by atoms with Crippen molar-refractivity contribution in [2.75, 3.05) is 20.3 Å². The van der Waals surface area contributed by atoms with Crippen LogP contribution in [0.3, 0.4) is 0 Å². The van der Waals surface area contributed by atoms with E-state index in [1.807, 2.05) is 56.3 Å². The Hall–Kier alpha value is -3.73. The first-order valence-corrected chi connectivity index (χ1v) is 13.1. The van der Waals surface area contributed by atoms with E-state index in [0.717, 1.165) is 52.8 Å². The van der Waals surface area contributed by atoms with Crippen molar-refractivity contribution in [1.82, 2.24) is 4.57 Å². The molecule has 0 unspecified atom stereocenters. The molecule has 4 rings (SSSR count). The van der Waals surface area contributed by atoms with Crippen LogP contribution in [0.4, 0.5) is 0 Å². The lowest BCUT2D eigenvalue weighted by Gasteiger charge is -2.14. The summed E-state index contributed by atoms with van der Waals surface area (Å²) in [5.74, 6) is 1.22. The third kappa shape index (κ3) is 6.34. The van der Waals surface area contributed by atoms with E-state index in [1.54, 1.807) is 13.4 Å². The molecule has 1 fully saturated rings. The van der Waals surface area contributed by atoms with E-state index < -0.39 is 0 Å². The zero-order chi connectivity index (χ0) is 26.2. The van der Waals surface area contributed by atoms with Gasteiger partial charge in [0.05, 0.1) is 26.6 Å². The number of aromatic nitrogens is 1. The standard InChI is InChI=1S/C32H37NO4/c1-5-23-13-18-29-28(20-23)30(26-14-16-27(17-15-26)37-22-25-11-12-25)31(32(34)36-7-3)33(29)21-24(6-2)10-8-9-19-35-4/h5-6,9,13-20,25H,1,7-8,10-12,21-22H2,2-4H3/b19-9+,24-6+. The maximum atomic E-state index is 13.5. The van der Waals surface area contributed by atoms with Crippen LogP contribution in [-0.2, 0) is 16.0 Å². The van der Waals surface area contributed by atoms with Gasteiger partial charge in [-0.15, -0.1) is 0 Å². The number of rotatable bonds is 13. The minimum absolute atomic E-state index is 0.309. The van der Waals surface area contributed by atoms with Crippen molar-refractivity contribution in [3.8, 4) is 16.9 Å². The number of benzene rings is 2. The van der Waals surface area contributed by atoms with Gasteiger partial charge in [-0.3, -0.25) is 0 Å². The molecule has 0 saturated heterocycles. The molecule has 0 radical (unpaired) electrons. The lowest BCUT2D eigenvalue weighted by atomic mass is 10.00. The van der Waals surface area contributed by atoms with Crippen LogP contribution in [0.5, 0.6) is 5.75 Å². The van der Waals surface area contributed by atoms with Gasteiger partial charge in [0.25, 0.3) is 0 Å². The Morgan fingerprint density at radius 3 is 2.59 bits per heavy atom. The number of hydrogen-bond acceptors (Lipinski definition) is 4. The van der Waals surface area contributed by atoms with E-state index >= 15 is 0 Å². The highest BCUT2D eigenvalue weighted by Crippen LogP contribution is 2.38. The Labute approximate surface area is 220 Å². The van der Waals surface area contributed by atoms with Crippen molar-refractivity contribution in [1.29, 1.82) is 0 Å². The van der Waals surface area contributed by atoms with Crippen LogP contribution in [0.15, 0.2) is 73.0 Å². The van der Waals surface area contributed by atoms with Crippen LogP contribution in [0.25, 0.3) is 28.1 Å². The number of methoxy groups -OCH3 is 1. The van der Waals surface area contributed by atoms with Gasteiger partial charge in [0.15, 0.2) is 0 Å². The molecule has 2 aromatic carbocycles. The first kappa shape index (κ1) is 26.3. The van der Waals surface area contributed by atoms with E-state index in [0.29, 0.717) is 24.8 Å². The molecule has 0 bridgehead atoms. The van der Waals surface area contributed by atoms with Gasteiger partial charge in [0.2, 0.25) is 0 Å². The monoisotopic (exact) mass is 499 g/mol. The second-order valence-electron chi connectivity index (χ2n) is 9.38. The lowest BCUT2D eigenvalue weighted by molar-refractivity contribution is 0.0516. The van der Waals surface area contributed by atoms with Crippen molar-refractivity contribution in [3.63, 3.8) is 0 Å². The van der Waals surface area contributed by atoms with E-state index in [1.165, 1.54) is 18.4 Å². The van der Waals surface area contributed by atoms with Gasteiger partial charge in [-0.2, -0.15) is 0 Å². The largest absolute Gasteiger partial charge is 0.505 e. The topological polar surface area (TPSA) is 49.7 Å². The molecule has 1 heterocycles. The third-order valence-corrected chi connectivity index (χ3v) is 6.75. The molecular formula is C32H37NO4. The van der Waals surface area contributed by atoms with Gasteiger partial charge in [0.1, 0.15) is 11.4 Å². The van der Waals surface area contributed by atoms with Gasteiger partial charge in [0, 0.05) is 23.0 Å². The summed E-state index contributed by atoms with van der Waals surface area (Å²) in [4.78, 5) is 13.5. The zero-order valence-electron chi connectivity index (χ0n) is 22.2. The second-order valence-corrected chi connectivity index (χ2v) is 9.38. The molecule has 5 nitrogen and oxygen atoms in total. The van der Waals surface area contributed by atoms with Crippen molar-refractivity contribution in [2.24, 2.45) is 5.92 Å². The van der Waals surface area contributed by atoms with E-state index in [2.05, 4.69) is 29.4 Å². The minimum atomic E-state index is -0.322. The van der Waals surface area contributed by atoms with Crippen LogP contribution in [0.2, 0.25) is 0 Å². The molecule has 194 valence electrons. The molecule has 1 aliphatic carbocycles. The van der Waals surface area contributed by atoms with Crippen LogP contribution >= 0.6 is 0 Å². The highest BCUT2D eigenvalue weighted by atomic mass is 16.5. The molecule has 3 aromatic rings. The predicted octanol–water partition coefficient (Wildman–Crippen LogP) is 7.80. The molecular weight excluding hydrogens is 462 g/mol. The summed E-state index contributed by atoms with van der Waals surface area (Å²) >= 11 is 0. The fourth-order valence-electron chi connectivity index (χ4n) is 4.53. The predicted molar refractivity (Wildman–Crippen MR) is 151 cm³/mol. The Kier molecular flexibility index (Phi) is 8.89. The van der Waals surface area contributed by atoms with Crippen molar-refractivity contribution in [3.05, 3.63) is 84.3 Å². The number of allylic oxidation sites excluding steroid dienone is 3. The number of carbonyl (C=O) groups excluding carboxylic acids is 1. The third-order valence-electron chi connectivity index (χ3n) is 6.75. The number of carbonyl (C=O) groups is 1. The minimum Gasteiger partial charge on any atom is -0.505 e. The molecule has 37 heavy (non-hydrogen) atoms. The summed E-state index contributed by atoms with van der Waals surface area (Å²) in [7, 11) is 1.65. The molecule has 1 aliphatic rings. The molecule has 0 aliphatic heterocycles. The lowest BCUT2D eigenvalue weighted by Crippen LogP contribution is -2.14. The van der Waals surface area contributed by atoms with Crippen LogP contribution in [0.1, 0.15) is 55.6 Å². The first-order valence-electron chi connectivity index (χ1n) is 13.1. The second kappa shape index (κ2) is 12.5. The molecule has 0 amide bonds. The molecule has 0 N–H and O–H groups in total. The summed E-state index contributed by atoms with van der Waals surface area (Å²) in [6, 6.07) is 14.3. The van der Waals surface area contributed by atoms with E-state index in [-0.39, 0.29) is 5.97 Å². The summed E-state index contributed by atoms with van der Waals surface area (Å²) < 4.78 is 18.7. The van der Waals surface area contributed by atoms with Crippen LogP contribution < -0.4 is 4.74 Å². The first-order chi connectivity index (χ1) is 18.1. The summed E-state index contributed by atoms with van der Waals surface area (Å²) in [5.41, 5.74) is 5.62. The van der Waals surface area contributed by atoms with Crippen LogP contribution in [-0.4, -0.2) is 30.9 Å². The maximum absolute atomic E-state index is 13.5. The van der Waals surface area contributed by atoms with E-state index in [4.69, 9.17) is 14.2 Å². The SMILES string of the molecule is C=Cc1ccc2c(c1)c(-c1ccc(OCC3CC3)cc1)c(C(=O)OCC)n2C/C(=C/C)CC/C=C/OC. The van der Waals surface area contributed by atoms with Crippen molar-refractivity contribution < 1.29 is 19.0 Å². The Bertz CT molecular complexity index is 1290. The fourth-order valence-corrected chi connectivity index (χ4v) is 4.53. The Balaban J connectivity index is 1.81. The van der Waals surface area contributed by atoms with Gasteiger partial charge >= 0.3 is 5.97 Å². The number of fused-ring (bicyclic) bond motifs is 1. The van der Waals surface area contributed by atoms with Crippen LogP contribution in [0, 0.1) is 5.92 Å². The van der Waals surface area contributed by atoms with E-state index in [9.17, 15) is 4.79 Å². The van der Waals surface area contributed by atoms with Gasteiger partial charge < -0.3 is 18.8 Å². The fraction of sp³-hybridized carbons (Fsp3) is 0.344. The number of ether oxygens (including phenoxy) is 3. The van der Waals surface area contributed by atoms with Gasteiger partial charge in [-0.05, 0) is 86.9 Å². The maximum Gasteiger partial charge on any atom is 0.355 e. The molecule has 1 aromatic heterocycles. The average molecular weight is 500 g/mol. The molecule has 0 spiro atoms. The smallest absolute Gasteiger partial charge is 0.355 e. The highest BCUT2D eigenvalue weighted by molar-refractivity contribution is 6.09.